The van der Waals surface area contributed by atoms with E-state index in [0.29, 0.717) is 0 Å². The predicted octanol–water partition coefficient (Wildman–Crippen LogP) is 5.32. The van der Waals surface area contributed by atoms with Gasteiger partial charge in [-0.2, -0.15) is 0 Å². The van der Waals surface area contributed by atoms with Crippen molar-refractivity contribution in [3.63, 3.8) is 0 Å². The van der Waals surface area contributed by atoms with Gasteiger partial charge >= 0.3 is 0 Å². The molecule has 0 aliphatic rings. The summed E-state index contributed by atoms with van der Waals surface area (Å²) in [6.07, 6.45) is 6.43. The molecule has 0 amide bonds. The van der Waals surface area contributed by atoms with Crippen molar-refractivity contribution in [1.29, 1.82) is 0 Å². The average Bonchev–Trinajstić information content (AvgIpc) is 2.71. The van der Waals surface area contributed by atoms with Crippen LogP contribution in [0, 0.1) is 0 Å². The Kier molecular flexibility index (Phi) is 8.68. The molecule has 0 spiro atoms. The van der Waals surface area contributed by atoms with E-state index in [9.17, 15) is 0 Å². The van der Waals surface area contributed by atoms with Gasteiger partial charge in [0.15, 0.2) is 0 Å². The molecule has 0 fully saturated rings. The Morgan fingerprint density at radius 3 is 1.86 bits per heavy atom. The molecule has 2 aromatic rings. The second-order valence-corrected chi connectivity index (χ2v) is 12.7. The van der Waals surface area contributed by atoms with E-state index in [1.807, 2.05) is 6.08 Å². The van der Waals surface area contributed by atoms with E-state index in [2.05, 4.69) is 88.0 Å². The first kappa shape index (κ1) is 22.6. The number of unbranched alkanes of at least 4 members (excludes halogenated alkanes) is 2. The number of rotatable bonds is 11. The van der Waals surface area contributed by atoms with Crippen molar-refractivity contribution in [3.05, 3.63) is 73.3 Å². The van der Waals surface area contributed by atoms with Gasteiger partial charge in [0.25, 0.3) is 8.32 Å². The summed E-state index contributed by atoms with van der Waals surface area (Å²) in [5, 5.41) is 2.74. The van der Waals surface area contributed by atoms with E-state index < -0.39 is 8.32 Å². The Balaban J connectivity index is 2.17. The fraction of sp³-hybridized carbons (Fsp3) is 0.440. The summed E-state index contributed by atoms with van der Waals surface area (Å²) < 4.78 is 12.3. The minimum absolute atomic E-state index is 0.0414. The Bertz CT molecular complexity index is 652. The molecular weight excluding hydrogens is 360 g/mol. The van der Waals surface area contributed by atoms with Crippen LogP contribution in [0.3, 0.4) is 0 Å². The lowest BCUT2D eigenvalue weighted by Gasteiger charge is -2.43. The Morgan fingerprint density at radius 1 is 0.893 bits per heavy atom. The molecule has 152 valence electrons. The fourth-order valence-corrected chi connectivity index (χ4v) is 8.55. The molecule has 1 unspecified atom stereocenters. The van der Waals surface area contributed by atoms with Gasteiger partial charge in [-0.1, -0.05) is 100 Å². The fourth-order valence-electron chi connectivity index (χ4n) is 3.94. The van der Waals surface area contributed by atoms with Crippen molar-refractivity contribution in [1.82, 2.24) is 0 Å². The van der Waals surface area contributed by atoms with Gasteiger partial charge in [-0.05, 0) is 28.3 Å². The molecule has 0 bridgehead atoms. The zero-order valence-corrected chi connectivity index (χ0v) is 19.0. The van der Waals surface area contributed by atoms with E-state index >= 15 is 0 Å². The van der Waals surface area contributed by atoms with Crippen LogP contribution >= 0.6 is 0 Å². The molecule has 0 saturated carbocycles. The van der Waals surface area contributed by atoms with Crippen LogP contribution < -0.4 is 10.4 Å². The van der Waals surface area contributed by atoms with Gasteiger partial charge in [-0.25, -0.2) is 0 Å². The minimum atomic E-state index is -2.39. The van der Waals surface area contributed by atoms with Crippen LogP contribution in [0.25, 0.3) is 0 Å². The largest absolute Gasteiger partial charge is 0.407 e. The number of hydrogen-bond acceptors (Lipinski definition) is 2. The van der Waals surface area contributed by atoms with E-state index in [1.54, 1.807) is 7.11 Å². The van der Waals surface area contributed by atoms with Crippen molar-refractivity contribution in [2.75, 3.05) is 13.7 Å². The zero-order valence-electron chi connectivity index (χ0n) is 18.0. The third-order valence-corrected chi connectivity index (χ3v) is 10.5. The molecule has 28 heavy (non-hydrogen) atoms. The molecule has 0 aliphatic heterocycles. The summed E-state index contributed by atoms with van der Waals surface area (Å²) in [5.74, 6) is 0. The Hall–Kier alpha value is -1.68. The second-order valence-electron chi connectivity index (χ2n) is 8.37. The number of methoxy groups -OCH3 is 1. The quantitative estimate of drug-likeness (QED) is 0.290. The van der Waals surface area contributed by atoms with Gasteiger partial charge in [-0.15, -0.1) is 6.58 Å². The van der Waals surface area contributed by atoms with Gasteiger partial charge in [0.05, 0.1) is 6.10 Å². The number of hydrogen-bond donors (Lipinski definition) is 0. The van der Waals surface area contributed by atoms with Gasteiger partial charge in [0.1, 0.15) is 0 Å². The normalized spacial score (nSPS) is 13.3. The lowest BCUT2D eigenvalue weighted by Crippen LogP contribution is -2.66. The van der Waals surface area contributed by atoms with Crippen LogP contribution in [-0.4, -0.2) is 28.1 Å². The summed E-state index contributed by atoms with van der Waals surface area (Å²) in [5.41, 5.74) is 0. The SMILES string of the molecule is C=CC(CCCCCO[Si](c1ccccc1)(c1ccccc1)C(C)(C)C)OC. The van der Waals surface area contributed by atoms with E-state index in [-0.39, 0.29) is 11.1 Å². The summed E-state index contributed by atoms with van der Waals surface area (Å²) in [7, 11) is -0.637. The Morgan fingerprint density at radius 2 is 1.43 bits per heavy atom. The second kappa shape index (κ2) is 10.8. The first-order chi connectivity index (χ1) is 13.5. The first-order valence-corrected chi connectivity index (χ1v) is 12.3. The molecule has 2 rings (SSSR count). The van der Waals surface area contributed by atoms with Crippen molar-refractivity contribution >= 4 is 18.7 Å². The summed E-state index contributed by atoms with van der Waals surface area (Å²) in [4.78, 5) is 0. The summed E-state index contributed by atoms with van der Waals surface area (Å²) in [6, 6.07) is 21.7. The maximum atomic E-state index is 6.91. The van der Waals surface area contributed by atoms with Crippen molar-refractivity contribution in [3.8, 4) is 0 Å². The third-order valence-electron chi connectivity index (χ3n) is 5.43. The smallest absolute Gasteiger partial charge is 0.261 e. The maximum absolute atomic E-state index is 6.91. The van der Waals surface area contributed by atoms with Crippen LogP contribution in [0.1, 0.15) is 46.5 Å². The summed E-state index contributed by atoms with van der Waals surface area (Å²) in [6.45, 7) is 11.6. The highest BCUT2D eigenvalue weighted by atomic mass is 28.4. The van der Waals surface area contributed by atoms with Crippen molar-refractivity contribution < 1.29 is 9.16 Å². The molecule has 0 N–H and O–H groups in total. The zero-order chi connectivity index (χ0) is 20.5. The highest BCUT2D eigenvalue weighted by Gasteiger charge is 2.49. The standard InChI is InChI=1S/C25H36O2Si/c1-6-22(26-5)16-10-9-15-21-27-28(25(2,3)4,23-17-11-7-12-18-23)24-19-13-8-14-20-24/h6-8,11-14,17-20,22H,1,9-10,15-16,21H2,2-5H3. The maximum Gasteiger partial charge on any atom is 0.261 e. The molecule has 0 aliphatic carbocycles. The minimum Gasteiger partial charge on any atom is -0.407 e. The molecule has 1 atom stereocenters. The van der Waals surface area contributed by atoms with E-state index in [1.165, 1.54) is 10.4 Å². The molecular formula is C25H36O2Si. The monoisotopic (exact) mass is 396 g/mol. The topological polar surface area (TPSA) is 18.5 Å². The highest BCUT2D eigenvalue weighted by Crippen LogP contribution is 2.36. The van der Waals surface area contributed by atoms with Gasteiger partial charge < -0.3 is 9.16 Å². The molecule has 0 heterocycles. The number of benzene rings is 2. The molecule has 0 radical (unpaired) electrons. The summed E-state index contributed by atoms with van der Waals surface area (Å²) >= 11 is 0. The van der Waals surface area contributed by atoms with Crippen molar-refractivity contribution in [2.45, 2.75) is 57.6 Å². The van der Waals surface area contributed by atoms with Crippen LogP contribution in [-0.2, 0) is 9.16 Å². The molecule has 2 aromatic carbocycles. The predicted molar refractivity (Wildman–Crippen MR) is 123 cm³/mol. The van der Waals surface area contributed by atoms with Crippen LogP contribution in [0.5, 0.6) is 0 Å². The average molecular weight is 397 g/mol. The molecule has 3 heteroatoms. The number of ether oxygens (including phenoxy) is 1. The van der Waals surface area contributed by atoms with E-state index in [4.69, 9.17) is 9.16 Å². The highest BCUT2D eigenvalue weighted by molar-refractivity contribution is 6.99. The van der Waals surface area contributed by atoms with Crippen molar-refractivity contribution in [2.24, 2.45) is 0 Å². The first-order valence-electron chi connectivity index (χ1n) is 10.4. The molecule has 0 saturated heterocycles. The lowest BCUT2D eigenvalue weighted by molar-refractivity contribution is 0.130. The van der Waals surface area contributed by atoms with Crippen LogP contribution in [0.15, 0.2) is 73.3 Å². The molecule has 2 nitrogen and oxygen atoms in total. The lowest BCUT2D eigenvalue weighted by atomic mass is 10.1. The molecule has 0 aromatic heterocycles. The Labute approximate surface area is 172 Å². The van der Waals surface area contributed by atoms with Crippen LogP contribution in [0.4, 0.5) is 0 Å². The van der Waals surface area contributed by atoms with Crippen LogP contribution in [0.2, 0.25) is 5.04 Å². The van der Waals surface area contributed by atoms with Gasteiger partial charge in [0.2, 0.25) is 0 Å². The van der Waals surface area contributed by atoms with Gasteiger partial charge in [0, 0.05) is 13.7 Å². The van der Waals surface area contributed by atoms with Gasteiger partial charge in [-0.3, -0.25) is 0 Å². The van der Waals surface area contributed by atoms with E-state index in [0.717, 1.165) is 32.3 Å². The third kappa shape index (κ3) is 5.44.